The van der Waals surface area contributed by atoms with Crippen molar-refractivity contribution < 1.29 is 27.4 Å². The number of nitrogens with one attached hydrogen (secondary N) is 2. The third-order valence-electron chi connectivity index (χ3n) is 7.52. The van der Waals surface area contributed by atoms with Gasteiger partial charge in [-0.25, -0.2) is 4.79 Å². The number of carbonyl (C=O) groups excluding carboxylic acids is 1. The topological polar surface area (TPSA) is 86.6 Å². The molecule has 0 radical (unpaired) electrons. The van der Waals surface area contributed by atoms with E-state index in [1.54, 1.807) is 14.2 Å². The van der Waals surface area contributed by atoms with Crippen molar-refractivity contribution in [3.05, 3.63) is 53.1 Å². The lowest BCUT2D eigenvalue weighted by atomic mass is 9.65. The molecule has 0 bridgehead atoms. The van der Waals surface area contributed by atoms with Crippen LogP contribution in [0.1, 0.15) is 42.4 Å². The number of likely N-dealkylation sites (N-methyl/N-ethyl adjacent to an activating group) is 1. The summed E-state index contributed by atoms with van der Waals surface area (Å²) in [5, 5.41) is 14.4. The summed E-state index contributed by atoms with van der Waals surface area (Å²) in [5.74, 6) is 1.35. The molecule has 4 rings (SSSR count). The number of likely N-dealkylation sites (tertiary alicyclic amines) is 1. The van der Waals surface area contributed by atoms with Gasteiger partial charge in [-0.3, -0.25) is 0 Å². The van der Waals surface area contributed by atoms with Gasteiger partial charge >= 0.3 is 12.2 Å². The predicted molar refractivity (Wildman–Crippen MR) is 128 cm³/mol. The molecule has 36 heavy (non-hydrogen) atoms. The maximum absolute atomic E-state index is 13.3. The number of methoxy groups -OCH3 is 2. The molecule has 0 unspecified atom stereocenters. The number of ether oxygens (including phenoxy) is 2. The van der Waals surface area contributed by atoms with Gasteiger partial charge in [0.15, 0.2) is 11.5 Å². The first-order valence-corrected chi connectivity index (χ1v) is 11.7. The fourth-order valence-corrected chi connectivity index (χ4v) is 5.70. The smallest absolute Gasteiger partial charge is 0.417 e. The summed E-state index contributed by atoms with van der Waals surface area (Å²) in [7, 11) is 5.29. The van der Waals surface area contributed by atoms with Crippen molar-refractivity contribution in [2.24, 2.45) is 0 Å². The summed E-state index contributed by atoms with van der Waals surface area (Å²) in [5.41, 5.74) is -0.497. The van der Waals surface area contributed by atoms with Crippen LogP contribution in [0.5, 0.6) is 11.5 Å². The molecule has 2 aromatic carbocycles. The number of alkyl halides is 3. The molecular formula is C26H29F3N4O3. The molecule has 192 valence electrons. The van der Waals surface area contributed by atoms with Gasteiger partial charge in [-0.15, -0.1) is 0 Å². The second-order valence-corrected chi connectivity index (χ2v) is 9.41. The number of halogens is 3. The summed E-state index contributed by atoms with van der Waals surface area (Å²) < 4.78 is 50.7. The van der Waals surface area contributed by atoms with Gasteiger partial charge in [0.05, 0.1) is 31.4 Å². The molecule has 3 atom stereocenters. The van der Waals surface area contributed by atoms with Crippen LogP contribution in [0.15, 0.2) is 36.4 Å². The zero-order valence-electron chi connectivity index (χ0n) is 20.4. The Morgan fingerprint density at radius 1 is 1.14 bits per heavy atom. The molecule has 2 aromatic rings. The second kappa shape index (κ2) is 9.90. The molecule has 1 heterocycles. The van der Waals surface area contributed by atoms with Gasteiger partial charge in [0.25, 0.3) is 0 Å². The van der Waals surface area contributed by atoms with Gasteiger partial charge in [-0.05, 0) is 75.2 Å². The number of benzene rings is 2. The molecule has 2 aliphatic rings. The number of nitrogens with zero attached hydrogens (tertiary/aromatic N) is 2. The normalized spacial score (nSPS) is 23.9. The van der Waals surface area contributed by atoms with Crippen LogP contribution in [-0.4, -0.2) is 50.8 Å². The van der Waals surface area contributed by atoms with Crippen molar-refractivity contribution in [3.8, 4) is 17.6 Å². The summed E-state index contributed by atoms with van der Waals surface area (Å²) in [4.78, 5) is 15.0. The summed E-state index contributed by atoms with van der Waals surface area (Å²) in [6.07, 6.45) is -1.43. The fraction of sp³-hybridized carbons (Fsp3) is 0.462. The summed E-state index contributed by atoms with van der Waals surface area (Å²) >= 11 is 0. The molecule has 10 heteroatoms. The Balaban J connectivity index is 1.47. The van der Waals surface area contributed by atoms with E-state index in [1.165, 1.54) is 17.7 Å². The van der Waals surface area contributed by atoms with Crippen LogP contribution in [0, 0.1) is 11.3 Å². The van der Waals surface area contributed by atoms with E-state index in [0.29, 0.717) is 17.9 Å². The molecule has 0 spiro atoms. The van der Waals surface area contributed by atoms with E-state index < -0.39 is 23.3 Å². The van der Waals surface area contributed by atoms with E-state index in [1.807, 2.05) is 12.1 Å². The van der Waals surface area contributed by atoms with Gasteiger partial charge in [0.1, 0.15) is 0 Å². The minimum absolute atomic E-state index is 0.0210. The minimum atomic E-state index is -4.69. The Morgan fingerprint density at radius 3 is 2.56 bits per heavy atom. The molecule has 2 N–H and O–H groups in total. The second-order valence-electron chi connectivity index (χ2n) is 9.41. The lowest BCUT2D eigenvalue weighted by molar-refractivity contribution is -0.137. The monoisotopic (exact) mass is 502 g/mol. The largest absolute Gasteiger partial charge is 0.493 e. The van der Waals surface area contributed by atoms with E-state index in [0.717, 1.165) is 37.9 Å². The van der Waals surface area contributed by atoms with E-state index in [-0.39, 0.29) is 23.2 Å². The van der Waals surface area contributed by atoms with E-state index in [9.17, 15) is 18.0 Å². The molecule has 1 saturated heterocycles. The van der Waals surface area contributed by atoms with Gasteiger partial charge in [-0.1, -0.05) is 6.07 Å². The van der Waals surface area contributed by atoms with Crippen molar-refractivity contribution >= 4 is 11.7 Å². The molecular weight excluding hydrogens is 473 g/mol. The van der Waals surface area contributed by atoms with Gasteiger partial charge < -0.3 is 25.0 Å². The van der Waals surface area contributed by atoms with Crippen LogP contribution < -0.4 is 20.1 Å². The van der Waals surface area contributed by atoms with Crippen molar-refractivity contribution in [2.45, 2.75) is 49.4 Å². The molecule has 1 aliphatic heterocycles. The Morgan fingerprint density at radius 2 is 1.89 bits per heavy atom. The van der Waals surface area contributed by atoms with Crippen LogP contribution in [0.3, 0.4) is 0 Å². The Hall–Kier alpha value is -3.45. The third kappa shape index (κ3) is 4.80. The number of nitriles is 1. The van der Waals surface area contributed by atoms with E-state index >= 15 is 0 Å². The first-order chi connectivity index (χ1) is 17.1. The zero-order chi connectivity index (χ0) is 26.1. The number of fused-ring (bicyclic) bond motifs is 1. The first kappa shape index (κ1) is 25.6. The van der Waals surface area contributed by atoms with Crippen LogP contribution >= 0.6 is 0 Å². The highest BCUT2D eigenvalue weighted by atomic mass is 19.4. The number of urea groups is 1. The number of amides is 2. The SMILES string of the molecule is COc1ccc([C@@]23CC[C@@H](NC(=O)Nc4ccc(C#N)c(C(F)(F)F)c4)C[C@@H]2N(C)CC3)cc1OC. The standard InChI is InChI=1S/C26H29F3N4O3/c1-33-11-10-25(17-5-7-21(35-2)22(12-17)36-3)9-8-19(14-23(25)33)32-24(34)31-18-6-4-16(15-30)20(13-18)26(27,28)29/h4-7,12-13,19,23H,8-11,14H2,1-3H3,(H2,31,32,34)/t19-,23+,25+/m1/s1. The maximum Gasteiger partial charge on any atom is 0.417 e. The molecule has 2 fully saturated rings. The highest BCUT2D eigenvalue weighted by Gasteiger charge is 2.50. The minimum Gasteiger partial charge on any atom is -0.493 e. The van der Waals surface area contributed by atoms with Crippen LogP contribution in [0.4, 0.5) is 23.7 Å². The quantitative estimate of drug-likeness (QED) is 0.607. The fourth-order valence-electron chi connectivity index (χ4n) is 5.70. The predicted octanol–water partition coefficient (Wildman–Crippen LogP) is 4.91. The van der Waals surface area contributed by atoms with E-state index in [4.69, 9.17) is 14.7 Å². The molecule has 7 nitrogen and oxygen atoms in total. The molecule has 0 aromatic heterocycles. The molecule has 2 amide bonds. The van der Waals surface area contributed by atoms with Crippen molar-refractivity contribution in [1.29, 1.82) is 5.26 Å². The van der Waals surface area contributed by atoms with Crippen LogP contribution in [0.25, 0.3) is 0 Å². The zero-order valence-corrected chi connectivity index (χ0v) is 20.4. The van der Waals surface area contributed by atoms with Crippen LogP contribution in [-0.2, 0) is 11.6 Å². The average Bonchev–Trinajstić information content (AvgIpc) is 3.19. The summed E-state index contributed by atoms with van der Waals surface area (Å²) in [6.45, 7) is 0.920. The van der Waals surface area contributed by atoms with Gasteiger partial charge in [0, 0.05) is 23.2 Å². The third-order valence-corrected chi connectivity index (χ3v) is 7.52. The Labute approximate surface area is 208 Å². The van der Waals surface area contributed by atoms with Gasteiger partial charge in [-0.2, -0.15) is 18.4 Å². The van der Waals surface area contributed by atoms with Crippen molar-refractivity contribution in [1.82, 2.24) is 10.2 Å². The Bertz CT molecular complexity index is 1180. The molecule has 1 aliphatic carbocycles. The number of carbonyl (C=O) groups is 1. The van der Waals surface area contributed by atoms with Crippen LogP contribution in [0.2, 0.25) is 0 Å². The van der Waals surface area contributed by atoms with Gasteiger partial charge in [0.2, 0.25) is 0 Å². The number of hydrogen-bond acceptors (Lipinski definition) is 5. The van der Waals surface area contributed by atoms with Crippen molar-refractivity contribution in [2.75, 3.05) is 33.1 Å². The highest BCUT2D eigenvalue weighted by molar-refractivity contribution is 5.89. The Kier molecular flexibility index (Phi) is 7.05. The van der Waals surface area contributed by atoms with E-state index in [2.05, 4.69) is 28.6 Å². The lowest BCUT2D eigenvalue weighted by Crippen LogP contribution is -2.52. The summed E-state index contributed by atoms with van der Waals surface area (Å²) in [6, 6.07) is 10.2. The lowest BCUT2D eigenvalue weighted by Gasteiger charge is -2.45. The molecule has 1 saturated carbocycles. The number of hydrogen-bond donors (Lipinski definition) is 2. The average molecular weight is 503 g/mol. The van der Waals surface area contributed by atoms with Crippen molar-refractivity contribution in [3.63, 3.8) is 0 Å². The first-order valence-electron chi connectivity index (χ1n) is 11.7. The number of rotatable bonds is 5. The highest BCUT2D eigenvalue weighted by Crippen LogP contribution is 2.49. The maximum atomic E-state index is 13.3. The number of anilines is 1.